The predicted octanol–water partition coefficient (Wildman–Crippen LogP) is 0.490. The smallest absolute Gasteiger partial charge is 0.139 e. The summed E-state index contributed by atoms with van der Waals surface area (Å²) in [6, 6.07) is 6.15. The van der Waals surface area contributed by atoms with Crippen LogP contribution in [-0.4, -0.2) is 76.8 Å². The van der Waals surface area contributed by atoms with Gasteiger partial charge in [-0.2, -0.15) is 0 Å². The maximum Gasteiger partial charge on any atom is 0.139 e. The van der Waals surface area contributed by atoms with E-state index in [1.54, 1.807) is 0 Å². The van der Waals surface area contributed by atoms with E-state index in [0.717, 1.165) is 55.7 Å². The topological polar surface area (TPSA) is 74.9 Å². The van der Waals surface area contributed by atoms with Gasteiger partial charge < -0.3 is 9.84 Å². The molecule has 4 rings (SSSR count). The lowest BCUT2D eigenvalue weighted by molar-refractivity contribution is 0.0837. The first kappa shape index (κ1) is 15.0. The normalized spacial score (nSPS) is 27.5. The number of ether oxygens (including phenoxy) is 1. The number of aliphatic hydroxyl groups is 1. The van der Waals surface area contributed by atoms with Crippen molar-refractivity contribution in [2.75, 3.05) is 39.4 Å². The van der Waals surface area contributed by atoms with Crippen molar-refractivity contribution in [1.82, 2.24) is 20.1 Å². The molecule has 2 atom stereocenters. The molecule has 0 spiro atoms. The van der Waals surface area contributed by atoms with Gasteiger partial charge in [-0.05, 0) is 41.5 Å². The molecular formula is C16H22N4O3. The molecule has 0 radical (unpaired) electrons. The maximum atomic E-state index is 10.0. The molecule has 0 unspecified atom stereocenters. The van der Waals surface area contributed by atoms with E-state index >= 15 is 0 Å². The van der Waals surface area contributed by atoms with E-state index in [1.165, 1.54) is 0 Å². The van der Waals surface area contributed by atoms with Crippen molar-refractivity contribution in [3.63, 3.8) is 0 Å². The first-order chi connectivity index (χ1) is 11.3. The molecule has 1 N–H and O–H groups in total. The van der Waals surface area contributed by atoms with Gasteiger partial charge >= 0.3 is 0 Å². The molecule has 0 amide bonds. The molecular weight excluding hydrogens is 296 g/mol. The molecule has 3 heterocycles. The second-order valence-corrected chi connectivity index (χ2v) is 6.39. The fraction of sp³-hybridized carbons (Fsp3) is 0.625. The van der Waals surface area contributed by atoms with Gasteiger partial charge in [0.05, 0.1) is 25.4 Å². The zero-order valence-electron chi connectivity index (χ0n) is 13.1. The Kier molecular flexibility index (Phi) is 4.26. The van der Waals surface area contributed by atoms with E-state index in [2.05, 4.69) is 26.2 Å². The SMILES string of the molecule is O[C@@H]1COC[C@H]1N1CCCN(Cc2cccc3nonc23)CC1. The van der Waals surface area contributed by atoms with Gasteiger partial charge in [0.1, 0.15) is 11.0 Å². The number of aliphatic hydroxyl groups excluding tert-OH is 1. The number of rotatable bonds is 3. The third-order valence-electron chi connectivity index (χ3n) is 4.88. The summed E-state index contributed by atoms with van der Waals surface area (Å²) in [5.74, 6) is 0. The first-order valence-corrected chi connectivity index (χ1v) is 8.23. The van der Waals surface area contributed by atoms with Crippen LogP contribution in [-0.2, 0) is 11.3 Å². The molecule has 124 valence electrons. The Morgan fingerprint density at radius 1 is 1.13 bits per heavy atom. The Morgan fingerprint density at radius 2 is 2.09 bits per heavy atom. The van der Waals surface area contributed by atoms with Crippen LogP contribution in [0.15, 0.2) is 22.8 Å². The highest BCUT2D eigenvalue weighted by molar-refractivity contribution is 5.76. The quantitative estimate of drug-likeness (QED) is 0.883. The highest BCUT2D eigenvalue weighted by Crippen LogP contribution is 2.19. The summed E-state index contributed by atoms with van der Waals surface area (Å²) >= 11 is 0. The van der Waals surface area contributed by atoms with Crippen LogP contribution in [0.25, 0.3) is 11.0 Å². The van der Waals surface area contributed by atoms with Crippen molar-refractivity contribution in [3.8, 4) is 0 Å². The molecule has 2 aromatic rings. The number of hydrogen-bond acceptors (Lipinski definition) is 7. The molecule has 1 aromatic heterocycles. The van der Waals surface area contributed by atoms with Crippen molar-refractivity contribution in [2.24, 2.45) is 0 Å². The van der Waals surface area contributed by atoms with Crippen LogP contribution in [0.4, 0.5) is 0 Å². The summed E-state index contributed by atoms with van der Waals surface area (Å²) in [5, 5.41) is 18.0. The van der Waals surface area contributed by atoms with E-state index in [-0.39, 0.29) is 12.1 Å². The second kappa shape index (κ2) is 6.52. The second-order valence-electron chi connectivity index (χ2n) is 6.39. The van der Waals surface area contributed by atoms with Crippen molar-refractivity contribution in [1.29, 1.82) is 0 Å². The molecule has 2 saturated heterocycles. The van der Waals surface area contributed by atoms with Gasteiger partial charge in [0.15, 0.2) is 0 Å². The lowest BCUT2D eigenvalue weighted by Gasteiger charge is -2.28. The number of hydrogen-bond donors (Lipinski definition) is 1. The van der Waals surface area contributed by atoms with Gasteiger partial charge in [-0.15, -0.1) is 0 Å². The van der Waals surface area contributed by atoms with Crippen molar-refractivity contribution >= 4 is 11.0 Å². The number of benzene rings is 1. The third-order valence-corrected chi connectivity index (χ3v) is 4.88. The van der Waals surface area contributed by atoms with Crippen LogP contribution in [0, 0.1) is 0 Å². The Bertz CT molecular complexity index is 662. The maximum absolute atomic E-state index is 10.0. The Balaban J connectivity index is 1.42. The lowest BCUT2D eigenvalue weighted by atomic mass is 10.1. The molecule has 0 saturated carbocycles. The minimum atomic E-state index is -0.350. The average Bonchev–Trinajstić information content (AvgIpc) is 3.14. The summed E-state index contributed by atoms with van der Waals surface area (Å²) in [6.45, 7) is 5.95. The van der Waals surface area contributed by atoms with E-state index in [9.17, 15) is 5.11 Å². The molecule has 23 heavy (non-hydrogen) atoms. The predicted molar refractivity (Wildman–Crippen MR) is 83.9 cm³/mol. The highest BCUT2D eigenvalue weighted by atomic mass is 16.6. The van der Waals surface area contributed by atoms with Gasteiger partial charge in [0, 0.05) is 19.6 Å². The largest absolute Gasteiger partial charge is 0.389 e. The average molecular weight is 318 g/mol. The minimum absolute atomic E-state index is 0.151. The molecule has 2 aliphatic rings. The van der Waals surface area contributed by atoms with E-state index < -0.39 is 0 Å². The highest BCUT2D eigenvalue weighted by Gasteiger charge is 2.32. The summed E-state index contributed by atoms with van der Waals surface area (Å²) in [7, 11) is 0. The Morgan fingerprint density at radius 3 is 2.96 bits per heavy atom. The minimum Gasteiger partial charge on any atom is -0.389 e. The van der Waals surface area contributed by atoms with Gasteiger partial charge in [-0.25, -0.2) is 4.63 Å². The van der Waals surface area contributed by atoms with E-state index in [0.29, 0.717) is 13.2 Å². The van der Waals surface area contributed by atoms with Gasteiger partial charge in [0.25, 0.3) is 0 Å². The van der Waals surface area contributed by atoms with Crippen molar-refractivity contribution in [3.05, 3.63) is 23.8 Å². The van der Waals surface area contributed by atoms with Crippen molar-refractivity contribution in [2.45, 2.75) is 25.1 Å². The number of aromatic nitrogens is 2. The van der Waals surface area contributed by atoms with Crippen LogP contribution in [0.3, 0.4) is 0 Å². The molecule has 7 heteroatoms. The van der Waals surface area contributed by atoms with Crippen LogP contribution in [0.5, 0.6) is 0 Å². The van der Waals surface area contributed by atoms with Crippen LogP contribution in [0.2, 0.25) is 0 Å². The molecule has 2 fully saturated rings. The zero-order valence-corrected chi connectivity index (χ0v) is 13.1. The van der Waals surface area contributed by atoms with Crippen LogP contribution >= 0.6 is 0 Å². The summed E-state index contributed by atoms with van der Waals surface area (Å²) in [6.07, 6.45) is 0.743. The third kappa shape index (κ3) is 3.10. The molecule has 0 aliphatic carbocycles. The molecule has 1 aromatic carbocycles. The first-order valence-electron chi connectivity index (χ1n) is 8.23. The Hall–Kier alpha value is -1.54. The number of fused-ring (bicyclic) bond motifs is 1. The molecule has 2 aliphatic heterocycles. The Labute approximate surface area is 134 Å². The van der Waals surface area contributed by atoms with Crippen LogP contribution in [0.1, 0.15) is 12.0 Å². The van der Waals surface area contributed by atoms with Gasteiger partial charge in [-0.1, -0.05) is 12.1 Å². The zero-order chi connectivity index (χ0) is 15.6. The fourth-order valence-electron chi connectivity index (χ4n) is 3.59. The number of nitrogens with zero attached hydrogens (tertiary/aromatic N) is 4. The molecule has 7 nitrogen and oxygen atoms in total. The van der Waals surface area contributed by atoms with Gasteiger partial charge in [0.2, 0.25) is 0 Å². The van der Waals surface area contributed by atoms with Gasteiger partial charge in [-0.3, -0.25) is 9.80 Å². The lowest BCUT2D eigenvalue weighted by Crippen LogP contribution is -2.44. The van der Waals surface area contributed by atoms with E-state index in [1.807, 2.05) is 12.1 Å². The fourth-order valence-corrected chi connectivity index (χ4v) is 3.59. The summed E-state index contributed by atoms with van der Waals surface area (Å²) in [4.78, 5) is 4.81. The van der Waals surface area contributed by atoms with Crippen LogP contribution < -0.4 is 0 Å². The summed E-state index contributed by atoms with van der Waals surface area (Å²) in [5.41, 5.74) is 2.82. The molecule has 0 bridgehead atoms. The van der Waals surface area contributed by atoms with E-state index in [4.69, 9.17) is 9.37 Å². The summed E-state index contributed by atoms with van der Waals surface area (Å²) < 4.78 is 10.2. The van der Waals surface area contributed by atoms with Crippen molar-refractivity contribution < 1.29 is 14.5 Å². The monoisotopic (exact) mass is 318 g/mol. The standard InChI is InChI=1S/C16H22N4O3/c21-15-11-22-10-14(15)20-6-2-5-19(7-8-20)9-12-3-1-4-13-16(12)18-23-17-13/h1,3-4,14-15,21H,2,5-11H2/t14-,15-/m1/s1.